The highest BCUT2D eigenvalue weighted by atomic mass is 16.3. The van der Waals surface area contributed by atoms with Crippen LogP contribution in [0.4, 0.5) is 0 Å². The molecule has 0 aromatic heterocycles. The molecule has 0 spiro atoms. The molecule has 1 aromatic carbocycles. The Morgan fingerprint density at radius 2 is 1.93 bits per heavy atom. The number of rotatable bonds is 5. The molecule has 0 radical (unpaired) electrons. The molecular formula is C25H31N3O2. The average Bonchev–Trinajstić information content (AvgIpc) is 2.78. The molecule has 5 atom stereocenters. The number of aliphatic hydroxyl groups is 1. The lowest BCUT2D eigenvalue weighted by Crippen LogP contribution is -2.48. The number of carbonyl (C=O) groups excluding carboxylic acids is 1. The van der Waals surface area contributed by atoms with Gasteiger partial charge in [0.1, 0.15) is 0 Å². The van der Waals surface area contributed by atoms with Gasteiger partial charge in [0.15, 0.2) is 0 Å². The van der Waals surface area contributed by atoms with Gasteiger partial charge in [0.25, 0.3) is 5.91 Å². The largest absolute Gasteiger partial charge is 0.394 e. The summed E-state index contributed by atoms with van der Waals surface area (Å²) < 4.78 is 0. The third-order valence-electron chi connectivity index (χ3n) is 6.51. The molecule has 2 N–H and O–H groups in total. The van der Waals surface area contributed by atoms with Crippen LogP contribution in [0.25, 0.3) is 0 Å². The van der Waals surface area contributed by atoms with Crippen LogP contribution in [0, 0.1) is 17.8 Å². The number of fused-ring (bicyclic) bond motifs is 3. The summed E-state index contributed by atoms with van der Waals surface area (Å²) in [5, 5.41) is 13.5. The van der Waals surface area contributed by atoms with Gasteiger partial charge in [0, 0.05) is 41.9 Å². The van der Waals surface area contributed by atoms with Crippen molar-refractivity contribution in [3.63, 3.8) is 0 Å². The fourth-order valence-electron chi connectivity index (χ4n) is 5.09. The number of dihydropyridines is 1. The molecule has 5 heteroatoms. The molecule has 1 saturated heterocycles. The maximum atomic E-state index is 13.6. The molecule has 0 saturated carbocycles. The molecule has 2 aliphatic heterocycles. The highest BCUT2D eigenvalue weighted by Gasteiger charge is 2.42. The zero-order valence-corrected chi connectivity index (χ0v) is 17.9. The molecule has 3 aliphatic rings. The van der Waals surface area contributed by atoms with Crippen LogP contribution in [0.15, 0.2) is 65.3 Å². The van der Waals surface area contributed by atoms with Gasteiger partial charge in [0.2, 0.25) is 0 Å². The third-order valence-corrected chi connectivity index (χ3v) is 6.51. The average molecular weight is 406 g/mol. The number of aliphatic hydroxyl groups excluding tert-OH is 1. The molecule has 0 bridgehead atoms. The van der Waals surface area contributed by atoms with E-state index < -0.39 is 0 Å². The van der Waals surface area contributed by atoms with Gasteiger partial charge in [-0.3, -0.25) is 9.79 Å². The van der Waals surface area contributed by atoms with E-state index in [1.54, 1.807) is 4.90 Å². The molecule has 2 heterocycles. The van der Waals surface area contributed by atoms with Crippen molar-refractivity contribution >= 4 is 12.1 Å². The Labute approximate surface area is 178 Å². The van der Waals surface area contributed by atoms with Crippen LogP contribution in [0.2, 0.25) is 0 Å². The van der Waals surface area contributed by atoms with Crippen molar-refractivity contribution in [2.45, 2.75) is 38.9 Å². The standard InChI is InChI=1S/C25H31N3O2/c1-16(2)28(17(3)15-29)25(30)21-11-7-6-10-20(21)24-19-9-5-4-8-18(19)22-14-26-13-12-23(22)27-24/h4-13,16-19,22,24,27,29H,14-15H2,1-3H3/t17-,18?,19?,22?,24?/m0/s1. The second-order valence-corrected chi connectivity index (χ2v) is 8.71. The lowest BCUT2D eigenvalue weighted by molar-refractivity contribution is 0.0536. The van der Waals surface area contributed by atoms with Gasteiger partial charge in [-0.2, -0.15) is 0 Å². The Morgan fingerprint density at radius 1 is 1.20 bits per heavy atom. The van der Waals surface area contributed by atoms with Crippen molar-refractivity contribution in [3.05, 3.63) is 71.5 Å². The molecule has 4 rings (SSSR count). The molecule has 1 aliphatic carbocycles. The van der Waals surface area contributed by atoms with Gasteiger partial charge < -0.3 is 15.3 Å². The predicted molar refractivity (Wildman–Crippen MR) is 120 cm³/mol. The maximum absolute atomic E-state index is 13.6. The first-order valence-electron chi connectivity index (χ1n) is 10.9. The number of allylic oxidation sites excluding steroid dienone is 4. The Hall–Kier alpha value is -2.66. The SMILES string of the molecule is CC(C)N(C(=O)c1ccccc1C1NC2=CC=NCC2C2C=CC=CC12)[C@@H](C)CO. The zero-order valence-electron chi connectivity index (χ0n) is 17.9. The van der Waals surface area contributed by atoms with E-state index in [1.807, 2.05) is 45.2 Å². The predicted octanol–water partition coefficient (Wildman–Crippen LogP) is 3.51. The lowest BCUT2D eigenvalue weighted by Gasteiger charge is -2.45. The molecule has 30 heavy (non-hydrogen) atoms. The van der Waals surface area contributed by atoms with Gasteiger partial charge in [-0.1, -0.05) is 42.5 Å². The first kappa shape index (κ1) is 20.6. The van der Waals surface area contributed by atoms with E-state index in [4.69, 9.17) is 0 Å². The van der Waals surface area contributed by atoms with Gasteiger partial charge in [-0.05, 0) is 44.4 Å². The smallest absolute Gasteiger partial charge is 0.254 e. The number of hydrogen-bond donors (Lipinski definition) is 2. The Bertz CT molecular complexity index is 915. The van der Waals surface area contributed by atoms with Crippen molar-refractivity contribution in [1.29, 1.82) is 0 Å². The summed E-state index contributed by atoms with van der Waals surface area (Å²) in [5.41, 5.74) is 2.91. The Balaban J connectivity index is 1.75. The summed E-state index contributed by atoms with van der Waals surface area (Å²) in [5.74, 6) is 0.923. The topological polar surface area (TPSA) is 64.9 Å². The molecule has 158 valence electrons. The van der Waals surface area contributed by atoms with Crippen LogP contribution >= 0.6 is 0 Å². The van der Waals surface area contributed by atoms with E-state index in [2.05, 4.69) is 46.8 Å². The molecule has 1 amide bonds. The minimum atomic E-state index is -0.239. The molecular weight excluding hydrogens is 374 g/mol. The number of amides is 1. The zero-order chi connectivity index (χ0) is 21.3. The number of benzene rings is 1. The summed E-state index contributed by atoms with van der Waals surface area (Å²) >= 11 is 0. The Kier molecular flexibility index (Phi) is 5.91. The van der Waals surface area contributed by atoms with Gasteiger partial charge in [-0.15, -0.1) is 0 Å². The minimum absolute atomic E-state index is 0.000996. The van der Waals surface area contributed by atoms with E-state index >= 15 is 0 Å². The third kappa shape index (κ3) is 3.63. The van der Waals surface area contributed by atoms with E-state index in [0.717, 1.165) is 12.1 Å². The lowest BCUT2D eigenvalue weighted by atomic mass is 9.68. The fraction of sp³-hybridized carbons (Fsp3) is 0.440. The van der Waals surface area contributed by atoms with E-state index in [-0.39, 0.29) is 36.6 Å². The Morgan fingerprint density at radius 3 is 2.67 bits per heavy atom. The van der Waals surface area contributed by atoms with Crippen molar-refractivity contribution in [2.75, 3.05) is 13.2 Å². The highest BCUT2D eigenvalue weighted by molar-refractivity contribution is 5.96. The quantitative estimate of drug-likeness (QED) is 0.788. The van der Waals surface area contributed by atoms with Crippen LogP contribution < -0.4 is 5.32 Å². The van der Waals surface area contributed by atoms with Crippen LogP contribution in [-0.4, -0.2) is 47.4 Å². The highest BCUT2D eigenvalue weighted by Crippen LogP contribution is 2.45. The second kappa shape index (κ2) is 8.60. The van der Waals surface area contributed by atoms with Crippen molar-refractivity contribution in [2.24, 2.45) is 22.7 Å². The van der Waals surface area contributed by atoms with Crippen molar-refractivity contribution in [3.8, 4) is 0 Å². The molecule has 1 aromatic rings. The molecule has 5 nitrogen and oxygen atoms in total. The number of hydrogen-bond acceptors (Lipinski definition) is 4. The van der Waals surface area contributed by atoms with E-state index in [1.165, 1.54) is 5.70 Å². The first-order chi connectivity index (χ1) is 14.5. The summed E-state index contributed by atoms with van der Waals surface area (Å²) in [6.45, 7) is 6.61. The second-order valence-electron chi connectivity index (χ2n) is 8.71. The normalized spacial score (nSPS) is 27.7. The molecule has 1 fully saturated rings. The number of carbonyl (C=O) groups is 1. The maximum Gasteiger partial charge on any atom is 0.254 e. The van der Waals surface area contributed by atoms with Gasteiger partial charge >= 0.3 is 0 Å². The number of nitrogens with zero attached hydrogens (tertiary/aromatic N) is 2. The van der Waals surface area contributed by atoms with E-state index in [9.17, 15) is 9.90 Å². The van der Waals surface area contributed by atoms with Gasteiger partial charge in [-0.25, -0.2) is 0 Å². The summed E-state index contributed by atoms with van der Waals surface area (Å²) in [4.78, 5) is 19.9. The fourth-order valence-corrected chi connectivity index (χ4v) is 5.09. The summed E-state index contributed by atoms with van der Waals surface area (Å²) in [6, 6.07) is 7.67. The van der Waals surface area contributed by atoms with Crippen LogP contribution in [0.5, 0.6) is 0 Å². The number of aliphatic imine (C=N–C) groups is 1. The summed E-state index contributed by atoms with van der Waals surface area (Å²) in [7, 11) is 0. The van der Waals surface area contributed by atoms with E-state index in [0.29, 0.717) is 17.4 Å². The minimum Gasteiger partial charge on any atom is -0.394 e. The number of nitrogens with one attached hydrogen (secondary N) is 1. The van der Waals surface area contributed by atoms with Crippen LogP contribution in [0.3, 0.4) is 0 Å². The van der Waals surface area contributed by atoms with Crippen molar-refractivity contribution in [1.82, 2.24) is 10.2 Å². The number of piperidine rings is 1. The monoisotopic (exact) mass is 405 g/mol. The van der Waals surface area contributed by atoms with Crippen LogP contribution in [-0.2, 0) is 0 Å². The molecule has 4 unspecified atom stereocenters. The van der Waals surface area contributed by atoms with Crippen LogP contribution in [0.1, 0.15) is 42.7 Å². The van der Waals surface area contributed by atoms with Gasteiger partial charge in [0.05, 0.1) is 18.7 Å². The van der Waals surface area contributed by atoms with Crippen molar-refractivity contribution < 1.29 is 9.90 Å². The first-order valence-corrected chi connectivity index (χ1v) is 10.9. The summed E-state index contributed by atoms with van der Waals surface area (Å²) in [6.07, 6.45) is 12.7.